The zero-order chi connectivity index (χ0) is 11.7. The number of benzene rings is 1. The highest BCUT2D eigenvalue weighted by Crippen LogP contribution is 2.31. The minimum absolute atomic E-state index is 0.738. The maximum atomic E-state index is 5.33. The van der Waals surface area contributed by atoms with Crippen molar-refractivity contribution in [3.05, 3.63) is 23.7 Å². The number of fused-ring (bicyclic) bond motifs is 1. The Morgan fingerprint density at radius 2 is 1.75 bits per heavy atom. The molecule has 0 unspecified atom stereocenters. The molecular formula is C12H14N2O2. The summed E-state index contributed by atoms with van der Waals surface area (Å²) in [5, 5.41) is 0.939. The summed E-state index contributed by atoms with van der Waals surface area (Å²) in [5.74, 6) is 2.23. The lowest BCUT2D eigenvalue weighted by Crippen LogP contribution is -1.97. The summed E-state index contributed by atoms with van der Waals surface area (Å²) in [5.41, 5.74) is 1.77. The van der Waals surface area contributed by atoms with Crippen molar-refractivity contribution in [1.29, 1.82) is 0 Å². The van der Waals surface area contributed by atoms with E-state index in [9.17, 15) is 0 Å². The van der Waals surface area contributed by atoms with Crippen LogP contribution in [-0.4, -0.2) is 24.2 Å². The van der Waals surface area contributed by atoms with Crippen LogP contribution in [0.3, 0.4) is 0 Å². The van der Waals surface area contributed by atoms with E-state index in [4.69, 9.17) is 9.47 Å². The Bertz CT molecular complexity index is 538. The molecule has 0 spiro atoms. The average Bonchev–Trinajstić information content (AvgIpc) is 2.26. The van der Waals surface area contributed by atoms with Crippen LogP contribution in [0.4, 0.5) is 0 Å². The minimum atomic E-state index is 0.738. The Hall–Kier alpha value is -1.84. The van der Waals surface area contributed by atoms with Crippen molar-refractivity contribution in [3.8, 4) is 11.5 Å². The van der Waals surface area contributed by atoms with Gasteiger partial charge in [-0.1, -0.05) is 0 Å². The Morgan fingerprint density at radius 3 is 2.38 bits per heavy atom. The number of aryl methyl sites for hydroxylation is 2. The highest BCUT2D eigenvalue weighted by atomic mass is 16.5. The Labute approximate surface area is 94.2 Å². The first-order valence-electron chi connectivity index (χ1n) is 5.02. The van der Waals surface area contributed by atoms with Gasteiger partial charge in [-0.05, 0) is 13.8 Å². The number of nitrogens with zero attached hydrogens (tertiary/aromatic N) is 2. The lowest BCUT2D eigenvalue weighted by Gasteiger charge is -2.10. The van der Waals surface area contributed by atoms with Crippen LogP contribution in [0, 0.1) is 13.8 Å². The number of aromatic nitrogens is 2. The molecule has 4 nitrogen and oxygen atoms in total. The van der Waals surface area contributed by atoms with Gasteiger partial charge in [0.25, 0.3) is 0 Å². The summed E-state index contributed by atoms with van der Waals surface area (Å²) >= 11 is 0. The zero-order valence-corrected chi connectivity index (χ0v) is 9.87. The van der Waals surface area contributed by atoms with Gasteiger partial charge < -0.3 is 9.47 Å². The molecule has 0 bridgehead atoms. The van der Waals surface area contributed by atoms with Gasteiger partial charge in [-0.2, -0.15) is 0 Å². The molecule has 16 heavy (non-hydrogen) atoms. The summed E-state index contributed by atoms with van der Waals surface area (Å²) in [6, 6.07) is 3.73. The fourth-order valence-electron chi connectivity index (χ4n) is 1.80. The smallest absolute Gasteiger partial charge is 0.133 e. The van der Waals surface area contributed by atoms with Crippen molar-refractivity contribution in [2.45, 2.75) is 13.8 Å². The number of rotatable bonds is 2. The molecule has 1 aromatic carbocycles. The third-order valence-corrected chi connectivity index (χ3v) is 2.48. The van der Waals surface area contributed by atoms with E-state index in [1.165, 1.54) is 0 Å². The molecule has 0 aliphatic heterocycles. The third kappa shape index (κ3) is 1.66. The van der Waals surface area contributed by atoms with Crippen molar-refractivity contribution in [3.63, 3.8) is 0 Å². The largest absolute Gasteiger partial charge is 0.497 e. The molecule has 0 saturated heterocycles. The van der Waals surface area contributed by atoms with Crippen LogP contribution in [0.1, 0.15) is 11.5 Å². The molecule has 1 aromatic heterocycles. The predicted octanol–water partition coefficient (Wildman–Crippen LogP) is 2.26. The van der Waals surface area contributed by atoms with E-state index in [0.29, 0.717) is 0 Å². The van der Waals surface area contributed by atoms with E-state index in [1.807, 2.05) is 26.0 Å². The second-order valence-electron chi connectivity index (χ2n) is 3.58. The highest BCUT2D eigenvalue weighted by Gasteiger charge is 2.10. The van der Waals surface area contributed by atoms with E-state index in [1.54, 1.807) is 14.2 Å². The Balaban J connectivity index is 2.83. The molecule has 4 heteroatoms. The molecular weight excluding hydrogens is 204 g/mol. The summed E-state index contributed by atoms with van der Waals surface area (Å²) in [6.45, 7) is 3.82. The first-order valence-corrected chi connectivity index (χ1v) is 5.02. The molecule has 2 aromatic rings. The van der Waals surface area contributed by atoms with E-state index in [0.717, 1.165) is 33.9 Å². The zero-order valence-electron chi connectivity index (χ0n) is 9.87. The van der Waals surface area contributed by atoms with E-state index in [-0.39, 0.29) is 0 Å². The molecule has 0 N–H and O–H groups in total. The molecule has 84 valence electrons. The van der Waals surface area contributed by atoms with E-state index in [2.05, 4.69) is 9.97 Å². The Kier molecular flexibility index (Phi) is 2.64. The average molecular weight is 218 g/mol. The van der Waals surface area contributed by atoms with Crippen molar-refractivity contribution < 1.29 is 9.47 Å². The normalized spacial score (nSPS) is 10.5. The van der Waals surface area contributed by atoms with Crippen LogP contribution in [0.15, 0.2) is 12.1 Å². The summed E-state index contributed by atoms with van der Waals surface area (Å²) in [6.07, 6.45) is 0. The van der Waals surface area contributed by atoms with Gasteiger partial charge >= 0.3 is 0 Å². The van der Waals surface area contributed by atoms with Gasteiger partial charge in [0.2, 0.25) is 0 Å². The monoisotopic (exact) mass is 218 g/mol. The van der Waals surface area contributed by atoms with Crippen molar-refractivity contribution in [1.82, 2.24) is 9.97 Å². The highest BCUT2D eigenvalue weighted by molar-refractivity contribution is 5.88. The molecule has 0 fully saturated rings. The van der Waals surface area contributed by atoms with Gasteiger partial charge in [0.05, 0.1) is 30.8 Å². The number of methoxy groups -OCH3 is 2. The molecule has 0 radical (unpaired) electrons. The standard InChI is InChI=1S/C12H14N2O2/c1-7-12-10(14-8(2)13-7)5-9(15-3)6-11(12)16-4/h5-6H,1-4H3. The van der Waals surface area contributed by atoms with Gasteiger partial charge in [0.1, 0.15) is 17.3 Å². The number of hydrogen-bond donors (Lipinski definition) is 0. The molecule has 0 saturated carbocycles. The SMILES string of the molecule is COc1cc(OC)c2c(C)nc(C)nc2c1. The van der Waals surface area contributed by atoms with Gasteiger partial charge in [0, 0.05) is 12.1 Å². The maximum Gasteiger partial charge on any atom is 0.133 e. The van der Waals surface area contributed by atoms with Crippen LogP contribution in [-0.2, 0) is 0 Å². The van der Waals surface area contributed by atoms with Crippen molar-refractivity contribution >= 4 is 10.9 Å². The lowest BCUT2D eigenvalue weighted by molar-refractivity contribution is 0.397. The van der Waals surface area contributed by atoms with Crippen molar-refractivity contribution in [2.75, 3.05) is 14.2 Å². The molecule has 0 amide bonds. The number of ether oxygens (including phenoxy) is 2. The van der Waals surface area contributed by atoms with Crippen molar-refractivity contribution in [2.24, 2.45) is 0 Å². The van der Waals surface area contributed by atoms with Gasteiger partial charge in [-0.3, -0.25) is 0 Å². The minimum Gasteiger partial charge on any atom is -0.497 e. The quantitative estimate of drug-likeness (QED) is 0.775. The summed E-state index contributed by atoms with van der Waals surface area (Å²) in [4.78, 5) is 8.72. The van der Waals surface area contributed by atoms with Crippen LogP contribution >= 0.6 is 0 Å². The molecule has 1 heterocycles. The first kappa shape index (κ1) is 10.7. The number of hydrogen-bond acceptors (Lipinski definition) is 4. The second-order valence-corrected chi connectivity index (χ2v) is 3.58. The molecule has 0 aliphatic rings. The lowest BCUT2D eigenvalue weighted by atomic mass is 10.1. The Morgan fingerprint density at radius 1 is 1.00 bits per heavy atom. The fourth-order valence-corrected chi connectivity index (χ4v) is 1.80. The predicted molar refractivity (Wildman–Crippen MR) is 62.1 cm³/mol. The fraction of sp³-hybridized carbons (Fsp3) is 0.333. The van der Waals surface area contributed by atoms with Crippen LogP contribution in [0.2, 0.25) is 0 Å². The van der Waals surface area contributed by atoms with Gasteiger partial charge in [0.15, 0.2) is 0 Å². The molecule has 2 rings (SSSR count). The van der Waals surface area contributed by atoms with Crippen LogP contribution in [0.25, 0.3) is 10.9 Å². The topological polar surface area (TPSA) is 44.2 Å². The maximum absolute atomic E-state index is 5.33. The van der Waals surface area contributed by atoms with E-state index < -0.39 is 0 Å². The molecule has 0 atom stereocenters. The second kappa shape index (κ2) is 3.96. The summed E-state index contributed by atoms with van der Waals surface area (Å²) in [7, 11) is 3.26. The van der Waals surface area contributed by atoms with Gasteiger partial charge in [-0.15, -0.1) is 0 Å². The summed E-state index contributed by atoms with van der Waals surface area (Å²) < 4.78 is 10.5. The first-order chi connectivity index (χ1) is 7.65. The third-order valence-electron chi connectivity index (χ3n) is 2.48. The van der Waals surface area contributed by atoms with Gasteiger partial charge in [-0.25, -0.2) is 9.97 Å². The van der Waals surface area contributed by atoms with Crippen LogP contribution in [0.5, 0.6) is 11.5 Å². The van der Waals surface area contributed by atoms with E-state index >= 15 is 0 Å². The van der Waals surface area contributed by atoms with Crippen LogP contribution < -0.4 is 9.47 Å². The molecule has 0 aliphatic carbocycles.